The van der Waals surface area contributed by atoms with E-state index >= 15 is 0 Å². The summed E-state index contributed by atoms with van der Waals surface area (Å²) >= 11 is 0. The minimum atomic E-state index is -0.628. The van der Waals surface area contributed by atoms with Crippen molar-refractivity contribution in [2.45, 2.75) is 6.10 Å². The molecule has 8 heteroatoms. The molecule has 0 saturated heterocycles. The maximum absolute atomic E-state index is 10.3. The van der Waals surface area contributed by atoms with Gasteiger partial charge in [0.2, 0.25) is 0 Å². The smallest absolute Gasteiger partial charge is 0.161 e. The molecule has 0 aliphatic carbocycles. The van der Waals surface area contributed by atoms with Crippen LogP contribution in [0.5, 0.6) is 17.2 Å². The van der Waals surface area contributed by atoms with Crippen molar-refractivity contribution in [1.82, 2.24) is 10.3 Å². The molecule has 0 aliphatic heterocycles. The average molecular weight is 505 g/mol. The molecule has 3 aromatic carbocycles. The number of aliphatic hydroxyl groups excluding tert-OH is 1. The summed E-state index contributed by atoms with van der Waals surface area (Å²) in [6.07, 6.45) is -0.628. The first kappa shape index (κ1) is 25.5. The van der Waals surface area contributed by atoms with Crippen molar-refractivity contribution < 1.29 is 24.8 Å². The molecule has 0 fully saturated rings. The molecule has 0 spiro atoms. The van der Waals surface area contributed by atoms with Gasteiger partial charge in [-0.1, -0.05) is 36.4 Å². The van der Waals surface area contributed by atoms with E-state index in [1.54, 1.807) is 7.11 Å². The van der Waals surface area contributed by atoms with Gasteiger partial charge in [-0.25, -0.2) is 0 Å². The van der Waals surface area contributed by atoms with Gasteiger partial charge in [-0.3, -0.25) is 0 Å². The van der Waals surface area contributed by atoms with Gasteiger partial charge in [-0.05, 0) is 30.3 Å². The number of rotatable bonds is 10. The minimum Gasteiger partial charge on any atom is -0.493 e. The fourth-order valence-electron chi connectivity index (χ4n) is 3.47. The van der Waals surface area contributed by atoms with Crippen molar-refractivity contribution in [3.05, 3.63) is 66.7 Å². The van der Waals surface area contributed by atoms with Crippen molar-refractivity contribution >= 4 is 38.8 Å². The Hall–Kier alpha value is -2.78. The van der Waals surface area contributed by atoms with Crippen LogP contribution < -0.4 is 19.5 Å². The first-order valence-corrected chi connectivity index (χ1v) is 10.0. The normalized spacial score (nSPS) is 11.4. The van der Waals surface area contributed by atoms with Gasteiger partial charge in [0.15, 0.2) is 11.5 Å². The average Bonchev–Trinajstić information content (AvgIpc) is 3.17. The number of hydrogen-bond donors (Lipinski definition) is 3. The SMILES string of the molecule is Br.COc1ccccc1OCCNCC(O)COc1cccc2[nH]c3ccccc3c12.O. The Bertz CT molecular complexity index is 1120. The summed E-state index contributed by atoms with van der Waals surface area (Å²) < 4.78 is 16.9. The van der Waals surface area contributed by atoms with E-state index in [1.807, 2.05) is 60.7 Å². The van der Waals surface area contributed by atoms with Crippen LogP contribution in [0.2, 0.25) is 0 Å². The van der Waals surface area contributed by atoms with E-state index in [-0.39, 0.29) is 29.1 Å². The van der Waals surface area contributed by atoms with E-state index in [4.69, 9.17) is 14.2 Å². The van der Waals surface area contributed by atoms with Gasteiger partial charge in [-0.15, -0.1) is 17.0 Å². The molecule has 4 aromatic rings. The number of halogens is 1. The lowest BCUT2D eigenvalue weighted by molar-refractivity contribution is 0.106. The molecule has 1 aromatic heterocycles. The molecule has 0 amide bonds. The third kappa shape index (κ3) is 5.92. The molecule has 0 radical (unpaired) electrons. The van der Waals surface area contributed by atoms with Crippen LogP contribution in [0.4, 0.5) is 0 Å². The number of aromatic amines is 1. The highest BCUT2D eigenvalue weighted by Gasteiger charge is 2.11. The largest absolute Gasteiger partial charge is 0.493 e. The van der Waals surface area contributed by atoms with Gasteiger partial charge in [-0.2, -0.15) is 0 Å². The number of aliphatic hydroxyl groups is 1. The number of aromatic nitrogens is 1. The molecule has 1 heterocycles. The Labute approximate surface area is 197 Å². The van der Waals surface area contributed by atoms with E-state index in [2.05, 4.69) is 16.4 Å². The standard InChI is InChI=1S/C24H26N2O4.BrH.H2O/c1-28-21-10-4-5-11-22(21)29-14-13-25-15-17(27)16-30-23-12-6-9-20-24(23)18-7-2-3-8-19(18)26-20;;/h2-12,17,25-27H,13-16H2,1H3;1H;1H2. The summed E-state index contributed by atoms with van der Waals surface area (Å²) in [7, 11) is 1.62. The zero-order valence-electron chi connectivity index (χ0n) is 17.8. The third-order valence-electron chi connectivity index (χ3n) is 4.91. The number of para-hydroxylation sites is 3. The molecule has 0 aliphatic rings. The van der Waals surface area contributed by atoms with Crippen LogP contribution in [-0.4, -0.2) is 55.1 Å². The van der Waals surface area contributed by atoms with Crippen LogP contribution in [0, 0.1) is 0 Å². The van der Waals surface area contributed by atoms with Crippen LogP contribution in [0.3, 0.4) is 0 Å². The van der Waals surface area contributed by atoms with Crippen molar-refractivity contribution in [2.75, 3.05) is 33.4 Å². The molecular weight excluding hydrogens is 476 g/mol. The molecule has 5 N–H and O–H groups in total. The van der Waals surface area contributed by atoms with Crippen molar-refractivity contribution in [2.24, 2.45) is 0 Å². The number of methoxy groups -OCH3 is 1. The zero-order valence-corrected chi connectivity index (χ0v) is 19.5. The van der Waals surface area contributed by atoms with E-state index in [0.717, 1.165) is 27.6 Å². The lowest BCUT2D eigenvalue weighted by Crippen LogP contribution is -2.33. The Morgan fingerprint density at radius 2 is 1.56 bits per heavy atom. The number of fused-ring (bicyclic) bond motifs is 3. The highest BCUT2D eigenvalue weighted by Crippen LogP contribution is 2.33. The van der Waals surface area contributed by atoms with Crippen LogP contribution >= 0.6 is 17.0 Å². The molecule has 172 valence electrons. The number of ether oxygens (including phenoxy) is 3. The Balaban J connectivity index is 0.00000181. The van der Waals surface area contributed by atoms with Gasteiger partial charge in [0.05, 0.1) is 12.6 Å². The molecular formula is C24H29BrN2O5. The van der Waals surface area contributed by atoms with Gasteiger partial charge >= 0.3 is 0 Å². The number of nitrogens with one attached hydrogen (secondary N) is 2. The van der Waals surface area contributed by atoms with Crippen LogP contribution in [0.25, 0.3) is 21.8 Å². The quantitative estimate of drug-likeness (QED) is 0.286. The summed E-state index contributed by atoms with van der Waals surface area (Å²) in [6.45, 7) is 1.70. The second kappa shape index (κ2) is 12.3. The van der Waals surface area contributed by atoms with E-state index in [0.29, 0.717) is 31.2 Å². The Morgan fingerprint density at radius 1 is 0.875 bits per heavy atom. The maximum Gasteiger partial charge on any atom is 0.161 e. The Kier molecular flexibility index (Phi) is 9.80. The Morgan fingerprint density at radius 3 is 2.38 bits per heavy atom. The van der Waals surface area contributed by atoms with Gasteiger partial charge in [0.1, 0.15) is 25.1 Å². The molecule has 0 saturated carbocycles. The number of H-pyrrole nitrogens is 1. The second-order valence-electron chi connectivity index (χ2n) is 7.02. The lowest BCUT2D eigenvalue weighted by Gasteiger charge is -2.15. The van der Waals surface area contributed by atoms with Gasteiger partial charge in [0, 0.05) is 29.4 Å². The van der Waals surface area contributed by atoms with E-state index in [9.17, 15) is 5.11 Å². The van der Waals surface area contributed by atoms with E-state index in [1.165, 1.54) is 0 Å². The molecule has 4 rings (SSSR count). The molecule has 1 atom stereocenters. The predicted octanol–water partition coefficient (Wildman–Crippen LogP) is 3.49. The maximum atomic E-state index is 10.3. The monoisotopic (exact) mass is 504 g/mol. The van der Waals surface area contributed by atoms with E-state index < -0.39 is 6.10 Å². The highest BCUT2D eigenvalue weighted by atomic mass is 79.9. The first-order chi connectivity index (χ1) is 14.8. The summed E-state index contributed by atoms with van der Waals surface area (Å²) in [4.78, 5) is 3.40. The van der Waals surface area contributed by atoms with Crippen LogP contribution in [0.1, 0.15) is 0 Å². The topological polar surface area (TPSA) is 107 Å². The van der Waals surface area contributed by atoms with Crippen molar-refractivity contribution in [3.63, 3.8) is 0 Å². The molecule has 1 unspecified atom stereocenters. The summed E-state index contributed by atoms with van der Waals surface area (Å²) in [6, 6.07) is 21.6. The van der Waals surface area contributed by atoms with Crippen LogP contribution in [0.15, 0.2) is 66.7 Å². The van der Waals surface area contributed by atoms with Crippen molar-refractivity contribution in [3.8, 4) is 17.2 Å². The summed E-state index contributed by atoms with van der Waals surface area (Å²) in [5.74, 6) is 2.18. The lowest BCUT2D eigenvalue weighted by atomic mass is 10.1. The predicted molar refractivity (Wildman–Crippen MR) is 133 cm³/mol. The fourth-order valence-corrected chi connectivity index (χ4v) is 3.47. The second-order valence-corrected chi connectivity index (χ2v) is 7.02. The molecule has 7 nitrogen and oxygen atoms in total. The first-order valence-electron chi connectivity index (χ1n) is 10.0. The van der Waals surface area contributed by atoms with Gasteiger partial charge in [0.25, 0.3) is 0 Å². The highest BCUT2D eigenvalue weighted by molar-refractivity contribution is 8.93. The van der Waals surface area contributed by atoms with Crippen molar-refractivity contribution in [1.29, 1.82) is 0 Å². The van der Waals surface area contributed by atoms with Crippen LogP contribution in [-0.2, 0) is 0 Å². The molecule has 0 bridgehead atoms. The number of benzene rings is 3. The minimum absolute atomic E-state index is 0. The third-order valence-corrected chi connectivity index (χ3v) is 4.91. The van der Waals surface area contributed by atoms with Gasteiger partial charge < -0.3 is 35.1 Å². The summed E-state index contributed by atoms with van der Waals surface area (Å²) in [5.41, 5.74) is 2.09. The fraction of sp³-hybridized carbons (Fsp3) is 0.250. The zero-order chi connectivity index (χ0) is 20.8. The molecule has 32 heavy (non-hydrogen) atoms. The number of hydrogen-bond acceptors (Lipinski definition) is 5. The summed E-state index contributed by atoms with van der Waals surface area (Å²) in [5, 5.41) is 15.6.